The topological polar surface area (TPSA) is 161 Å². The van der Waals surface area contributed by atoms with Crippen molar-refractivity contribution in [3.63, 3.8) is 0 Å². The predicted octanol–water partition coefficient (Wildman–Crippen LogP) is 4.52. The lowest BCUT2D eigenvalue weighted by atomic mass is 10.2. The van der Waals surface area contributed by atoms with Gasteiger partial charge in [-0.2, -0.15) is 0 Å². The van der Waals surface area contributed by atoms with Gasteiger partial charge in [0, 0.05) is 47.9 Å². The van der Waals surface area contributed by atoms with Gasteiger partial charge in [0.1, 0.15) is 5.69 Å². The molecular weight excluding hydrogens is 451 g/mol. The molecule has 0 aliphatic heterocycles. The average Bonchev–Trinajstić information content (AvgIpc) is 3.16. The van der Waals surface area contributed by atoms with Gasteiger partial charge < -0.3 is 14.7 Å². The van der Waals surface area contributed by atoms with E-state index in [0.717, 1.165) is 0 Å². The molecule has 1 heterocycles. The average molecular weight is 472 g/mol. The number of nitrogens with one attached hydrogen (secondary N) is 3. The minimum Gasteiger partial charge on any atom is -0.347 e. The number of nitro benzene ring substituents is 2. The molecule has 3 N–H and O–H groups in total. The third-order valence-electron chi connectivity index (χ3n) is 4.82. The highest BCUT2D eigenvalue weighted by molar-refractivity contribution is 7.65. The first-order chi connectivity index (χ1) is 15.5. The van der Waals surface area contributed by atoms with Crippen LogP contribution in [0.15, 0.2) is 54.7 Å². The van der Waals surface area contributed by atoms with Gasteiger partial charge in [0.05, 0.1) is 9.85 Å². The summed E-state index contributed by atoms with van der Waals surface area (Å²) in [4.78, 5) is 34.2. The molecule has 0 spiro atoms. The van der Waals surface area contributed by atoms with Crippen molar-refractivity contribution >= 4 is 36.3 Å². The van der Waals surface area contributed by atoms with Crippen LogP contribution in [0.25, 0.3) is 0 Å². The van der Waals surface area contributed by atoms with E-state index in [1.54, 1.807) is 33.2 Å². The molecule has 0 aliphatic rings. The van der Waals surface area contributed by atoms with Crippen LogP contribution in [0.1, 0.15) is 21.6 Å². The Hall–Kier alpha value is -4.18. The zero-order chi connectivity index (χ0) is 24.3. The SMILES string of the molecule is Cc1ccc(NP(=O)(NC(=O)c2cccn2C)Nc2ccc(C)c([N+](=O)[O-])c2)cc1[N+](=O)[O-]. The van der Waals surface area contributed by atoms with Crippen molar-refractivity contribution in [1.29, 1.82) is 0 Å². The second-order valence-corrected chi connectivity index (χ2v) is 9.18. The number of nitrogens with zero attached hydrogens (tertiary/aromatic N) is 3. The van der Waals surface area contributed by atoms with Crippen LogP contribution in [0.4, 0.5) is 22.7 Å². The fraction of sp³-hybridized carbons (Fsp3) is 0.150. The van der Waals surface area contributed by atoms with Crippen LogP contribution in [0.5, 0.6) is 0 Å². The maximum absolute atomic E-state index is 13.8. The molecular formula is C20H21N6O6P. The van der Waals surface area contributed by atoms with Crippen molar-refractivity contribution in [2.75, 3.05) is 10.2 Å². The lowest BCUT2D eigenvalue weighted by molar-refractivity contribution is -0.385. The maximum atomic E-state index is 13.8. The molecule has 0 fully saturated rings. The number of carbonyl (C=O) groups excluding carboxylic acids is 1. The number of carbonyl (C=O) groups is 1. The molecule has 1 amide bonds. The van der Waals surface area contributed by atoms with Crippen molar-refractivity contribution in [1.82, 2.24) is 9.65 Å². The van der Waals surface area contributed by atoms with Crippen molar-refractivity contribution < 1.29 is 19.2 Å². The first kappa shape index (κ1) is 23.5. The van der Waals surface area contributed by atoms with Crippen LogP contribution < -0.4 is 15.3 Å². The third kappa shape index (κ3) is 5.36. The van der Waals surface area contributed by atoms with Crippen molar-refractivity contribution in [3.05, 3.63) is 91.8 Å². The van der Waals surface area contributed by atoms with Crippen molar-refractivity contribution in [2.45, 2.75) is 13.8 Å². The zero-order valence-electron chi connectivity index (χ0n) is 17.9. The van der Waals surface area contributed by atoms with Gasteiger partial charge in [-0.25, -0.2) is 0 Å². The Kier molecular flexibility index (Phi) is 6.50. The monoisotopic (exact) mass is 472 g/mol. The summed E-state index contributed by atoms with van der Waals surface area (Å²) >= 11 is 0. The van der Waals surface area contributed by atoms with E-state index in [4.69, 9.17) is 0 Å². The van der Waals surface area contributed by atoms with Gasteiger partial charge in [-0.1, -0.05) is 12.1 Å². The second kappa shape index (κ2) is 9.13. The number of hydrogen-bond donors (Lipinski definition) is 3. The van der Waals surface area contributed by atoms with Crippen molar-refractivity contribution in [3.8, 4) is 0 Å². The van der Waals surface area contributed by atoms with E-state index >= 15 is 0 Å². The number of hydrogen-bond acceptors (Lipinski definition) is 6. The molecule has 1 aromatic heterocycles. The summed E-state index contributed by atoms with van der Waals surface area (Å²) in [6.45, 7) is 3.12. The molecule has 0 saturated heterocycles. The highest BCUT2D eigenvalue weighted by atomic mass is 31.2. The van der Waals surface area contributed by atoms with Gasteiger partial charge >= 0.3 is 7.59 Å². The third-order valence-corrected chi connectivity index (χ3v) is 6.48. The summed E-state index contributed by atoms with van der Waals surface area (Å²) in [6, 6.07) is 11.4. The Balaban J connectivity index is 2.00. The van der Waals surface area contributed by atoms with E-state index in [0.29, 0.717) is 11.1 Å². The van der Waals surface area contributed by atoms with Crippen LogP contribution in [0.3, 0.4) is 0 Å². The van der Waals surface area contributed by atoms with Gasteiger partial charge in [-0.05, 0) is 38.1 Å². The minimum absolute atomic E-state index is 0.108. The first-order valence-corrected chi connectivity index (χ1v) is 11.3. The molecule has 0 bridgehead atoms. The Morgan fingerprint density at radius 3 is 1.79 bits per heavy atom. The molecule has 0 atom stereocenters. The largest absolute Gasteiger partial charge is 0.355 e. The second-order valence-electron chi connectivity index (χ2n) is 7.29. The van der Waals surface area contributed by atoms with E-state index in [1.807, 2.05) is 0 Å². The summed E-state index contributed by atoms with van der Waals surface area (Å²) < 4.78 is 15.3. The Labute approximate surface area is 188 Å². The van der Waals surface area contributed by atoms with Gasteiger partial charge in [-0.3, -0.25) is 34.7 Å². The highest BCUT2D eigenvalue weighted by Crippen LogP contribution is 2.43. The Morgan fingerprint density at radius 2 is 1.39 bits per heavy atom. The Morgan fingerprint density at radius 1 is 0.909 bits per heavy atom. The number of aromatic nitrogens is 1. The Bertz CT molecular complexity index is 1230. The number of aryl methyl sites for hydroxylation is 3. The molecule has 172 valence electrons. The van der Waals surface area contributed by atoms with E-state index in [2.05, 4.69) is 15.3 Å². The number of amides is 1. The van der Waals surface area contributed by atoms with Gasteiger partial charge in [0.2, 0.25) is 0 Å². The predicted molar refractivity (Wildman–Crippen MR) is 123 cm³/mol. The molecule has 3 aromatic rings. The van der Waals surface area contributed by atoms with Crippen LogP contribution >= 0.6 is 7.59 Å². The molecule has 12 nitrogen and oxygen atoms in total. The molecule has 2 aromatic carbocycles. The zero-order valence-corrected chi connectivity index (χ0v) is 18.8. The lowest BCUT2D eigenvalue weighted by Crippen LogP contribution is -2.29. The smallest absolute Gasteiger partial charge is 0.347 e. The van der Waals surface area contributed by atoms with E-state index in [9.17, 15) is 29.6 Å². The van der Waals surface area contributed by atoms with Gasteiger partial charge in [0.25, 0.3) is 17.3 Å². The molecule has 0 aliphatic carbocycles. The molecule has 0 unspecified atom stereocenters. The van der Waals surface area contributed by atoms with E-state index in [-0.39, 0.29) is 28.4 Å². The first-order valence-electron chi connectivity index (χ1n) is 9.60. The van der Waals surface area contributed by atoms with Crippen molar-refractivity contribution in [2.24, 2.45) is 7.05 Å². The lowest BCUT2D eigenvalue weighted by Gasteiger charge is -2.23. The fourth-order valence-corrected chi connectivity index (χ4v) is 4.67. The van der Waals surface area contributed by atoms with Crippen LogP contribution in [-0.2, 0) is 11.6 Å². The molecule has 3 rings (SSSR count). The summed E-state index contributed by atoms with van der Waals surface area (Å²) in [5.74, 6) is -0.686. The number of anilines is 2. The summed E-state index contributed by atoms with van der Waals surface area (Å²) in [7, 11) is -2.44. The van der Waals surface area contributed by atoms with Crippen LogP contribution in [-0.4, -0.2) is 20.3 Å². The number of benzene rings is 2. The minimum atomic E-state index is -4.07. The standard InChI is InChI=1S/C20H21N6O6P/c1-13-6-8-15(11-18(13)25(28)29)21-33(32,23-20(27)17-5-4-10-24(17)3)22-16-9-7-14(2)19(12-16)26(30)31/h4-12H,1-3H3,(H3,21,22,23,27,32). The molecule has 0 radical (unpaired) electrons. The van der Waals surface area contributed by atoms with E-state index in [1.165, 1.54) is 47.0 Å². The summed E-state index contributed by atoms with van der Waals surface area (Å²) in [6.07, 6.45) is 1.63. The summed E-state index contributed by atoms with van der Waals surface area (Å²) in [5.41, 5.74) is 0.820. The number of rotatable bonds is 8. The number of nitro groups is 2. The van der Waals surface area contributed by atoms with Gasteiger partial charge in [-0.15, -0.1) is 0 Å². The molecule has 13 heteroatoms. The van der Waals surface area contributed by atoms with Crippen LogP contribution in [0.2, 0.25) is 0 Å². The maximum Gasteiger partial charge on any atom is 0.355 e. The summed E-state index contributed by atoms with van der Waals surface area (Å²) in [5, 5.41) is 30.2. The molecule has 0 saturated carbocycles. The fourth-order valence-electron chi connectivity index (χ4n) is 3.10. The van der Waals surface area contributed by atoms with Gasteiger partial charge in [0.15, 0.2) is 0 Å². The van der Waals surface area contributed by atoms with Crippen LogP contribution in [0, 0.1) is 34.1 Å². The van der Waals surface area contributed by atoms with E-state index < -0.39 is 23.3 Å². The molecule has 33 heavy (non-hydrogen) atoms. The quantitative estimate of drug-likeness (QED) is 0.245. The highest BCUT2D eigenvalue weighted by Gasteiger charge is 2.28. The normalized spacial score (nSPS) is 11.0.